The van der Waals surface area contributed by atoms with Gasteiger partial charge in [0.25, 0.3) is 0 Å². The number of nitrogens with zero attached hydrogens (tertiary/aromatic N) is 1. The maximum Gasteiger partial charge on any atom is 0.335 e. The molecule has 3 rings (SSSR count). The van der Waals surface area contributed by atoms with Gasteiger partial charge in [-0.05, 0) is 29.7 Å². The number of rotatable bonds is 2. The summed E-state index contributed by atoms with van der Waals surface area (Å²) >= 11 is 1.62. The van der Waals surface area contributed by atoms with Crippen molar-refractivity contribution in [2.24, 2.45) is 0 Å². The van der Waals surface area contributed by atoms with E-state index in [1.54, 1.807) is 17.4 Å². The molecule has 18 heavy (non-hydrogen) atoms. The van der Waals surface area contributed by atoms with E-state index in [0.29, 0.717) is 5.69 Å². The van der Waals surface area contributed by atoms with Crippen molar-refractivity contribution < 1.29 is 9.90 Å². The highest BCUT2D eigenvalue weighted by atomic mass is 32.1. The van der Waals surface area contributed by atoms with Crippen LogP contribution in [0.5, 0.6) is 0 Å². The summed E-state index contributed by atoms with van der Waals surface area (Å²) in [4.78, 5) is 16.2. The third kappa shape index (κ3) is 1.87. The number of thiophene rings is 1. The lowest BCUT2D eigenvalue weighted by Crippen LogP contribution is -1.96. The maximum atomic E-state index is 10.9. The van der Waals surface area contributed by atoms with E-state index in [1.165, 1.54) is 17.0 Å². The number of carboxylic acids is 1. The molecule has 0 radical (unpaired) electrons. The van der Waals surface area contributed by atoms with Gasteiger partial charge in [-0.1, -0.05) is 18.2 Å². The van der Waals surface area contributed by atoms with Crippen LogP contribution in [0.1, 0.15) is 10.4 Å². The van der Waals surface area contributed by atoms with Crippen LogP contribution in [0.2, 0.25) is 0 Å². The quantitative estimate of drug-likeness (QED) is 0.760. The molecule has 88 valence electrons. The topological polar surface area (TPSA) is 50.2 Å². The lowest BCUT2D eigenvalue weighted by molar-refractivity contribution is 0.0697. The van der Waals surface area contributed by atoms with Gasteiger partial charge < -0.3 is 5.11 Å². The minimum Gasteiger partial charge on any atom is -0.478 e. The van der Waals surface area contributed by atoms with Crippen LogP contribution in [-0.4, -0.2) is 16.1 Å². The first-order valence-corrected chi connectivity index (χ1v) is 6.24. The number of aromatic nitrogens is 1. The number of fused-ring (bicyclic) bond motifs is 1. The van der Waals surface area contributed by atoms with Crippen molar-refractivity contribution in [3.05, 3.63) is 54.2 Å². The monoisotopic (exact) mass is 255 g/mol. The molecule has 0 amide bonds. The van der Waals surface area contributed by atoms with Gasteiger partial charge in [0.1, 0.15) is 0 Å². The molecule has 0 atom stereocenters. The lowest BCUT2D eigenvalue weighted by atomic mass is 10.2. The second-order valence-corrected chi connectivity index (χ2v) is 4.97. The van der Waals surface area contributed by atoms with Crippen molar-refractivity contribution in [1.29, 1.82) is 0 Å². The Morgan fingerprint density at radius 3 is 2.78 bits per heavy atom. The predicted octanol–water partition coefficient (Wildman–Crippen LogP) is 3.66. The van der Waals surface area contributed by atoms with Crippen molar-refractivity contribution in [2.75, 3.05) is 0 Å². The minimum atomic E-state index is -0.931. The SMILES string of the molecule is O=C(O)c1ccnc(-c2cc3ccccc3s2)c1. The first-order valence-electron chi connectivity index (χ1n) is 5.42. The Balaban J connectivity index is 2.13. The molecule has 0 unspecified atom stereocenters. The molecule has 0 bridgehead atoms. The van der Waals surface area contributed by atoms with Crippen LogP contribution in [0.3, 0.4) is 0 Å². The highest BCUT2D eigenvalue weighted by Crippen LogP contribution is 2.32. The number of aromatic carboxylic acids is 1. The highest BCUT2D eigenvalue weighted by Gasteiger charge is 2.08. The Hall–Kier alpha value is -2.20. The second kappa shape index (κ2) is 4.23. The number of carbonyl (C=O) groups is 1. The number of hydrogen-bond acceptors (Lipinski definition) is 3. The Kier molecular flexibility index (Phi) is 2.57. The van der Waals surface area contributed by atoms with Crippen LogP contribution in [0.4, 0.5) is 0 Å². The fourth-order valence-electron chi connectivity index (χ4n) is 1.81. The molecular weight excluding hydrogens is 246 g/mol. The van der Waals surface area contributed by atoms with Crippen molar-refractivity contribution >= 4 is 27.4 Å². The third-order valence-corrected chi connectivity index (χ3v) is 3.82. The van der Waals surface area contributed by atoms with Crippen LogP contribution in [0.25, 0.3) is 20.7 Å². The minimum absolute atomic E-state index is 0.262. The summed E-state index contributed by atoms with van der Waals surface area (Å²) in [6.45, 7) is 0. The molecule has 0 fully saturated rings. The van der Waals surface area contributed by atoms with Gasteiger partial charge in [0.05, 0.1) is 16.1 Å². The van der Waals surface area contributed by atoms with E-state index >= 15 is 0 Å². The molecule has 3 aromatic rings. The van der Waals surface area contributed by atoms with Crippen molar-refractivity contribution in [1.82, 2.24) is 4.98 Å². The van der Waals surface area contributed by atoms with Gasteiger partial charge in [0.15, 0.2) is 0 Å². The van der Waals surface area contributed by atoms with E-state index in [9.17, 15) is 4.79 Å². The van der Waals surface area contributed by atoms with Crippen LogP contribution in [-0.2, 0) is 0 Å². The van der Waals surface area contributed by atoms with Crippen molar-refractivity contribution in [3.63, 3.8) is 0 Å². The molecular formula is C14H9NO2S. The molecule has 1 N–H and O–H groups in total. The van der Waals surface area contributed by atoms with Gasteiger partial charge in [-0.2, -0.15) is 0 Å². The molecule has 0 aliphatic carbocycles. The summed E-state index contributed by atoms with van der Waals surface area (Å²) in [6.07, 6.45) is 1.53. The summed E-state index contributed by atoms with van der Waals surface area (Å²) in [6, 6.07) is 13.2. The molecule has 0 saturated heterocycles. The Bertz CT molecular complexity index is 700. The van der Waals surface area contributed by atoms with Crippen LogP contribution in [0, 0.1) is 0 Å². The molecule has 0 aliphatic rings. The molecule has 2 aromatic heterocycles. The smallest absolute Gasteiger partial charge is 0.335 e. The Morgan fingerprint density at radius 2 is 2.00 bits per heavy atom. The third-order valence-electron chi connectivity index (χ3n) is 2.68. The van der Waals surface area contributed by atoms with Crippen LogP contribution >= 0.6 is 11.3 Å². The fourth-order valence-corrected chi connectivity index (χ4v) is 2.84. The van der Waals surface area contributed by atoms with Gasteiger partial charge in [-0.15, -0.1) is 11.3 Å². The number of pyridine rings is 1. The summed E-state index contributed by atoms with van der Waals surface area (Å²) in [5.74, 6) is -0.931. The van der Waals surface area contributed by atoms with Crippen LogP contribution in [0.15, 0.2) is 48.7 Å². The van der Waals surface area contributed by atoms with Gasteiger partial charge in [-0.25, -0.2) is 4.79 Å². The zero-order valence-electron chi connectivity index (χ0n) is 9.33. The van der Waals surface area contributed by atoms with Gasteiger partial charge in [-0.3, -0.25) is 4.98 Å². The van der Waals surface area contributed by atoms with E-state index in [-0.39, 0.29) is 5.56 Å². The van der Waals surface area contributed by atoms with E-state index in [2.05, 4.69) is 4.98 Å². The predicted molar refractivity (Wildman–Crippen MR) is 72.0 cm³/mol. The van der Waals surface area contributed by atoms with Crippen molar-refractivity contribution in [3.8, 4) is 10.6 Å². The second-order valence-electron chi connectivity index (χ2n) is 3.88. The van der Waals surface area contributed by atoms with Gasteiger partial charge in [0, 0.05) is 10.9 Å². The summed E-state index contributed by atoms with van der Waals surface area (Å²) in [5.41, 5.74) is 0.966. The van der Waals surface area contributed by atoms with Crippen LogP contribution < -0.4 is 0 Å². The Morgan fingerprint density at radius 1 is 1.17 bits per heavy atom. The van der Waals surface area contributed by atoms with E-state index in [1.807, 2.05) is 30.3 Å². The molecule has 0 saturated carbocycles. The van der Waals surface area contributed by atoms with Crippen molar-refractivity contribution in [2.45, 2.75) is 0 Å². The standard InChI is InChI=1S/C14H9NO2S/c16-14(17)10-5-6-15-11(7-10)13-8-9-3-1-2-4-12(9)18-13/h1-8H,(H,16,17). The Labute approximate surface area is 107 Å². The fraction of sp³-hybridized carbons (Fsp3) is 0. The first-order chi connectivity index (χ1) is 8.74. The van der Waals surface area contributed by atoms with Gasteiger partial charge >= 0.3 is 5.97 Å². The summed E-state index contributed by atoms with van der Waals surface area (Å²) in [7, 11) is 0. The average molecular weight is 255 g/mol. The molecule has 4 heteroatoms. The number of hydrogen-bond donors (Lipinski definition) is 1. The lowest BCUT2D eigenvalue weighted by Gasteiger charge is -1.97. The largest absolute Gasteiger partial charge is 0.478 e. The summed E-state index contributed by atoms with van der Waals surface area (Å²) < 4.78 is 1.18. The average Bonchev–Trinajstić information content (AvgIpc) is 2.82. The normalized spacial score (nSPS) is 10.7. The zero-order valence-corrected chi connectivity index (χ0v) is 10.1. The molecule has 0 aliphatic heterocycles. The molecule has 2 heterocycles. The zero-order chi connectivity index (χ0) is 12.5. The number of carboxylic acid groups (broad SMARTS) is 1. The molecule has 1 aromatic carbocycles. The highest BCUT2D eigenvalue weighted by molar-refractivity contribution is 7.22. The first kappa shape index (κ1) is 10.9. The summed E-state index contributed by atoms with van der Waals surface area (Å²) in [5, 5.41) is 10.1. The maximum absolute atomic E-state index is 10.9. The van der Waals surface area contributed by atoms with E-state index in [4.69, 9.17) is 5.11 Å². The molecule has 0 spiro atoms. The number of benzene rings is 1. The van der Waals surface area contributed by atoms with E-state index in [0.717, 1.165) is 10.3 Å². The molecule has 3 nitrogen and oxygen atoms in total. The van der Waals surface area contributed by atoms with E-state index < -0.39 is 5.97 Å². The van der Waals surface area contributed by atoms with Gasteiger partial charge in [0.2, 0.25) is 0 Å².